The number of thiazole rings is 1. The van der Waals surface area contributed by atoms with Crippen molar-refractivity contribution in [2.24, 2.45) is 5.92 Å². The van der Waals surface area contributed by atoms with E-state index in [-0.39, 0.29) is 5.69 Å². The molecule has 0 unspecified atom stereocenters. The number of piperidine rings is 1. The van der Waals surface area contributed by atoms with Crippen LogP contribution in [0.1, 0.15) is 53.5 Å². The van der Waals surface area contributed by atoms with Crippen LogP contribution in [0.15, 0.2) is 0 Å². The Morgan fingerprint density at radius 3 is 2.74 bits per heavy atom. The van der Waals surface area contributed by atoms with Crippen LogP contribution in [0.2, 0.25) is 0 Å². The van der Waals surface area contributed by atoms with Crippen molar-refractivity contribution in [3.05, 3.63) is 15.6 Å². The van der Waals surface area contributed by atoms with Crippen LogP contribution in [0.3, 0.4) is 0 Å². The molecule has 0 bridgehead atoms. The van der Waals surface area contributed by atoms with Gasteiger partial charge < -0.3 is 5.11 Å². The molecule has 1 fully saturated rings. The molecule has 19 heavy (non-hydrogen) atoms. The van der Waals surface area contributed by atoms with Gasteiger partial charge in [0.05, 0.1) is 6.54 Å². The molecule has 1 aromatic heterocycles. The van der Waals surface area contributed by atoms with Crippen LogP contribution < -0.4 is 0 Å². The Balaban J connectivity index is 2.04. The van der Waals surface area contributed by atoms with Crippen molar-refractivity contribution in [2.45, 2.75) is 46.1 Å². The molecular weight excluding hydrogens is 260 g/mol. The number of carbonyl (C=O) groups is 1. The summed E-state index contributed by atoms with van der Waals surface area (Å²) in [5.41, 5.74) is 0.271. The highest BCUT2D eigenvalue weighted by molar-refractivity contribution is 7.11. The van der Waals surface area contributed by atoms with E-state index in [9.17, 15) is 9.90 Å². The van der Waals surface area contributed by atoms with Crippen LogP contribution in [-0.4, -0.2) is 34.0 Å². The molecule has 0 atom stereocenters. The Morgan fingerprint density at radius 1 is 1.47 bits per heavy atom. The standard InChI is InChI=1S/C14H22N2O2S/c1-3-4-11-13(14(17)18)15-12(19-11)9-16-7-5-10(2)6-8-16/h10H,3-9H2,1-2H3,(H,17,18). The maximum Gasteiger partial charge on any atom is 0.355 e. The average molecular weight is 282 g/mol. The zero-order valence-corrected chi connectivity index (χ0v) is 12.5. The van der Waals surface area contributed by atoms with E-state index < -0.39 is 5.97 Å². The Bertz CT molecular complexity index is 437. The van der Waals surface area contributed by atoms with Crippen LogP contribution in [0.25, 0.3) is 0 Å². The molecule has 2 heterocycles. The van der Waals surface area contributed by atoms with Gasteiger partial charge in [-0.1, -0.05) is 20.3 Å². The molecule has 0 amide bonds. The third-order valence-corrected chi connectivity index (χ3v) is 4.76. The van der Waals surface area contributed by atoms with Gasteiger partial charge in [-0.15, -0.1) is 11.3 Å². The van der Waals surface area contributed by atoms with Gasteiger partial charge in [-0.3, -0.25) is 4.90 Å². The number of aromatic nitrogens is 1. The molecule has 1 N–H and O–H groups in total. The molecule has 0 radical (unpaired) electrons. The maximum absolute atomic E-state index is 11.2. The average Bonchev–Trinajstić information content (AvgIpc) is 2.76. The van der Waals surface area contributed by atoms with E-state index in [4.69, 9.17) is 0 Å². The Labute approximate surface area is 118 Å². The van der Waals surface area contributed by atoms with Crippen molar-refractivity contribution in [1.82, 2.24) is 9.88 Å². The number of aromatic carboxylic acids is 1. The summed E-state index contributed by atoms with van der Waals surface area (Å²) >= 11 is 1.57. The summed E-state index contributed by atoms with van der Waals surface area (Å²) < 4.78 is 0. The maximum atomic E-state index is 11.2. The fourth-order valence-electron chi connectivity index (χ4n) is 2.44. The van der Waals surface area contributed by atoms with Crippen LogP contribution in [-0.2, 0) is 13.0 Å². The first-order valence-electron chi connectivity index (χ1n) is 7.04. The first-order valence-corrected chi connectivity index (χ1v) is 7.86. The molecule has 1 saturated heterocycles. The number of hydrogen-bond acceptors (Lipinski definition) is 4. The second kappa shape index (κ2) is 6.48. The lowest BCUT2D eigenvalue weighted by Gasteiger charge is -2.29. The quantitative estimate of drug-likeness (QED) is 0.902. The van der Waals surface area contributed by atoms with Crippen molar-refractivity contribution in [3.8, 4) is 0 Å². The Kier molecular flexibility index (Phi) is 4.93. The van der Waals surface area contributed by atoms with Gasteiger partial charge in [0.1, 0.15) is 5.01 Å². The molecule has 1 aromatic rings. The molecule has 2 rings (SSSR count). The fourth-order valence-corrected chi connectivity index (χ4v) is 3.65. The predicted octanol–water partition coefficient (Wildman–Crippen LogP) is 3.03. The fraction of sp³-hybridized carbons (Fsp3) is 0.714. The number of aryl methyl sites for hydroxylation is 1. The largest absolute Gasteiger partial charge is 0.476 e. The first kappa shape index (κ1) is 14.5. The molecule has 106 valence electrons. The second-order valence-corrected chi connectivity index (χ2v) is 6.56. The lowest BCUT2D eigenvalue weighted by Crippen LogP contribution is -2.32. The van der Waals surface area contributed by atoms with Gasteiger partial charge in [-0.25, -0.2) is 9.78 Å². The van der Waals surface area contributed by atoms with E-state index in [1.165, 1.54) is 12.8 Å². The summed E-state index contributed by atoms with van der Waals surface area (Å²) in [4.78, 5) is 18.8. The summed E-state index contributed by atoms with van der Waals surface area (Å²) in [6, 6.07) is 0. The van der Waals surface area contributed by atoms with E-state index in [0.29, 0.717) is 0 Å². The lowest BCUT2D eigenvalue weighted by molar-refractivity contribution is 0.0689. The van der Waals surface area contributed by atoms with Crippen molar-refractivity contribution in [3.63, 3.8) is 0 Å². The summed E-state index contributed by atoms with van der Waals surface area (Å²) in [5, 5.41) is 10.1. The van der Waals surface area contributed by atoms with Crippen LogP contribution in [0.4, 0.5) is 0 Å². The van der Waals surface area contributed by atoms with E-state index in [1.807, 2.05) is 0 Å². The zero-order chi connectivity index (χ0) is 13.8. The van der Waals surface area contributed by atoms with E-state index in [0.717, 1.165) is 48.3 Å². The number of carboxylic acid groups (broad SMARTS) is 1. The zero-order valence-electron chi connectivity index (χ0n) is 11.7. The van der Waals surface area contributed by atoms with Crippen molar-refractivity contribution >= 4 is 17.3 Å². The SMILES string of the molecule is CCCc1sc(CN2CCC(C)CC2)nc1C(=O)O. The summed E-state index contributed by atoms with van der Waals surface area (Å²) in [7, 11) is 0. The molecule has 0 aromatic carbocycles. The van der Waals surface area contributed by atoms with E-state index >= 15 is 0 Å². The second-order valence-electron chi connectivity index (χ2n) is 5.39. The van der Waals surface area contributed by atoms with Gasteiger partial charge in [-0.2, -0.15) is 0 Å². The predicted molar refractivity (Wildman–Crippen MR) is 76.7 cm³/mol. The van der Waals surface area contributed by atoms with Gasteiger partial charge >= 0.3 is 5.97 Å². The Morgan fingerprint density at radius 2 is 2.16 bits per heavy atom. The minimum atomic E-state index is -0.891. The Hall–Kier alpha value is -0.940. The number of likely N-dealkylation sites (tertiary alicyclic amines) is 1. The summed E-state index contributed by atoms with van der Waals surface area (Å²) in [6.45, 7) is 7.37. The van der Waals surface area contributed by atoms with Crippen LogP contribution in [0, 0.1) is 5.92 Å². The monoisotopic (exact) mass is 282 g/mol. The molecule has 1 aliphatic rings. The normalized spacial score (nSPS) is 17.8. The molecule has 0 spiro atoms. The molecular formula is C14H22N2O2S. The minimum Gasteiger partial charge on any atom is -0.476 e. The van der Waals surface area contributed by atoms with E-state index in [2.05, 4.69) is 23.7 Å². The van der Waals surface area contributed by atoms with E-state index in [1.54, 1.807) is 11.3 Å². The molecule has 1 aliphatic heterocycles. The highest BCUT2D eigenvalue weighted by Gasteiger charge is 2.20. The van der Waals surface area contributed by atoms with Gasteiger partial charge in [0, 0.05) is 4.88 Å². The number of rotatable bonds is 5. The highest BCUT2D eigenvalue weighted by Crippen LogP contribution is 2.24. The first-order chi connectivity index (χ1) is 9.10. The molecule has 0 aliphatic carbocycles. The van der Waals surface area contributed by atoms with Gasteiger partial charge in [0.25, 0.3) is 0 Å². The molecule has 4 nitrogen and oxygen atoms in total. The highest BCUT2D eigenvalue weighted by atomic mass is 32.1. The number of nitrogens with zero attached hydrogens (tertiary/aromatic N) is 2. The topological polar surface area (TPSA) is 53.4 Å². The minimum absolute atomic E-state index is 0.271. The molecule has 0 saturated carbocycles. The number of carboxylic acids is 1. The smallest absolute Gasteiger partial charge is 0.355 e. The third-order valence-electron chi connectivity index (χ3n) is 3.66. The van der Waals surface area contributed by atoms with Crippen LogP contribution in [0.5, 0.6) is 0 Å². The third kappa shape index (κ3) is 3.76. The van der Waals surface area contributed by atoms with Crippen LogP contribution >= 0.6 is 11.3 Å². The van der Waals surface area contributed by atoms with Gasteiger partial charge in [0.15, 0.2) is 5.69 Å². The summed E-state index contributed by atoms with van der Waals surface area (Å²) in [5.74, 6) is -0.0732. The molecule has 5 heteroatoms. The van der Waals surface area contributed by atoms with Gasteiger partial charge in [-0.05, 0) is 38.3 Å². The van der Waals surface area contributed by atoms with Gasteiger partial charge in [0.2, 0.25) is 0 Å². The van der Waals surface area contributed by atoms with Crippen molar-refractivity contribution in [2.75, 3.05) is 13.1 Å². The number of hydrogen-bond donors (Lipinski definition) is 1. The summed E-state index contributed by atoms with van der Waals surface area (Å²) in [6.07, 6.45) is 4.25. The van der Waals surface area contributed by atoms with Crippen molar-refractivity contribution < 1.29 is 9.90 Å². The lowest BCUT2D eigenvalue weighted by atomic mass is 9.99. The van der Waals surface area contributed by atoms with Crippen molar-refractivity contribution in [1.29, 1.82) is 0 Å².